The van der Waals surface area contributed by atoms with Crippen LogP contribution in [-0.4, -0.2) is 52.9 Å². The van der Waals surface area contributed by atoms with E-state index >= 15 is 0 Å². The Labute approximate surface area is 94.4 Å². The monoisotopic (exact) mass is 223 g/mol. The SMILES string of the molecule is CN1CCCC(CNC(=O)c2cn[nH]n2)C1. The van der Waals surface area contributed by atoms with Crippen molar-refractivity contribution in [2.75, 3.05) is 26.7 Å². The van der Waals surface area contributed by atoms with Gasteiger partial charge in [-0.25, -0.2) is 0 Å². The lowest BCUT2D eigenvalue weighted by Crippen LogP contribution is -2.39. The molecule has 16 heavy (non-hydrogen) atoms. The topological polar surface area (TPSA) is 73.9 Å². The molecule has 0 spiro atoms. The first kappa shape index (κ1) is 11.1. The van der Waals surface area contributed by atoms with Crippen molar-refractivity contribution in [1.82, 2.24) is 25.6 Å². The lowest BCUT2D eigenvalue weighted by atomic mass is 9.98. The van der Waals surface area contributed by atoms with Crippen molar-refractivity contribution in [2.24, 2.45) is 5.92 Å². The number of amides is 1. The summed E-state index contributed by atoms with van der Waals surface area (Å²) in [6.45, 7) is 2.93. The van der Waals surface area contributed by atoms with Crippen LogP contribution in [-0.2, 0) is 0 Å². The molecule has 0 aliphatic carbocycles. The number of rotatable bonds is 3. The first-order valence-corrected chi connectivity index (χ1v) is 5.58. The Morgan fingerprint density at radius 1 is 1.75 bits per heavy atom. The lowest BCUT2D eigenvalue weighted by molar-refractivity contribution is 0.0932. The van der Waals surface area contributed by atoms with Crippen molar-refractivity contribution < 1.29 is 4.79 Å². The van der Waals surface area contributed by atoms with Gasteiger partial charge in [0.25, 0.3) is 5.91 Å². The fourth-order valence-corrected chi connectivity index (χ4v) is 2.08. The highest BCUT2D eigenvalue weighted by Gasteiger charge is 2.18. The highest BCUT2D eigenvalue weighted by atomic mass is 16.1. The minimum atomic E-state index is -0.151. The van der Waals surface area contributed by atoms with Crippen LogP contribution in [0.15, 0.2) is 6.20 Å². The van der Waals surface area contributed by atoms with Crippen molar-refractivity contribution in [2.45, 2.75) is 12.8 Å². The molecule has 1 unspecified atom stereocenters. The Hall–Kier alpha value is -1.43. The predicted molar refractivity (Wildman–Crippen MR) is 58.9 cm³/mol. The number of aromatic amines is 1. The number of aromatic nitrogens is 3. The van der Waals surface area contributed by atoms with Gasteiger partial charge >= 0.3 is 0 Å². The number of hydrogen-bond acceptors (Lipinski definition) is 4. The number of piperidine rings is 1. The summed E-state index contributed by atoms with van der Waals surface area (Å²) in [6, 6.07) is 0. The Morgan fingerprint density at radius 2 is 2.62 bits per heavy atom. The van der Waals surface area contributed by atoms with E-state index < -0.39 is 0 Å². The molecule has 88 valence electrons. The summed E-state index contributed by atoms with van der Waals surface area (Å²) in [7, 11) is 2.12. The fraction of sp³-hybridized carbons (Fsp3) is 0.700. The summed E-state index contributed by atoms with van der Waals surface area (Å²) < 4.78 is 0. The molecule has 2 rings (SSSR count). The Bertz CT molecular complexity index is 337. The third-order valence-corrected chi connectivity index (χ3v) is 2.92. The molecule has 1 atom stereocenters. The Kier molecular flexibility index (Phi) is 3.51. The number of carbonyl (C=O) groups is 1. The molecule has 1 fully saturated rings. The van der Waals surface area contributed by atoms with Crippen LogP contribution in [0, 0.1) is 5.92 Å². The first-order chi connectivity index (χ1) is 7.75. The van der Waals surface area contributed by atoms with Gasteiger partial charge < -0.3 is 10.2 Å². The van der Waals surface area contributed by atoms with Crippen molar-refractivity contribution in [3.63, 3.8) is 0 Å². The zero-order valence-electron chi connectivity index (χ0n) is 9.44. The molecule has 1 aromatic rings. The second kappa shape index (κ2) is 5.07. The van der Waals surface area contributed by atoms with Gasteiger partial charge in [-0.2, -0.15) is 15.4 Å². The van der Waals surface area contributed by atoms with Gasteiger partial charge in [0.15, 0.2) is 5.69 Å². The number of carbonyl (C=O) groups excluding carboxylic acids is 1. The van der Waals surface area contributed by atoms with Crippen LogP contribution in [0.25, 0.3) is 0 Å². The fourth-order valence-electron chi connectivity index (χ4n) is 2.08. The second-order valence-electron chi connectivity index (χ2n) is 4.34. The summed E-state index contributed by atoms with van der Waals surface area (Å²) in [5.41, 5.74) is 0.351. The molecule has 0 bridgehead atoms. The summed E-state index contributed by atoms with van der Waals surface area (Å²) in [4.78, 5) is 13.9. The zero-order chi connectivity index (χ0) is 11.4. The van der Waals surface area contributed by atoms with E-state index in [1.165, 1.54) is 19.0 Å². The van der Waals surface area contributed by atoms with Crippen LogP contribution in [0.2, 0.25) is 0 Å². The average molecular weight is 223 g/mol. The van der Waals surface area contributed by atoms with E-state index in [9.17, 15) is 4.79 Å². The van der Waals surface area contributed by atoms with Gasteiger partial charge in [0.05, 0.1) is 6.20 Å². The molecule has 0 radical (unpaired) electrons. The third kappa shape index (κ3) is 2.79. The number of likely N-dealkylation sites (tertiary alicyclic amines) is 1. The number of nitrogens with one attached hydrogen (secondary N) is 2. The number of nitrogens with zero attached hydrogens (tertiary/aromatic N) is 3. The van der Waals surface area contributed by atoms with E-state index in [1.54, 1.807) is 0 Å². The van der Waals surface area contributed by atoms with Crippen LogP contribution in [0.1, 0.15) is 23.3 Å². The molecule has 2 N–H and O–H groups in total. The van der Waals surface area contributed by atoms with E-state index in [4.69, 9.17) is 0 Å². The third-order valence-electron chi connectivity index (χ3n) is 2.92. The minimum absolute atomic E-state index is 0.151. The van der Waals surface area contributed by atoms with Crippen molar-refractivity contribution in [3.05, 3.63) is 11.9 Å². The maximum Gasteiger partial charge on any atom is 0.273 e. The highest BCUT2D eigenvalue weighted by molar-refractivity contribution is 5.91. The van der Waals surface area contributed by atoms with E-state index in [2.05, 4.69) is 32.7 Å². The summed E-state index contributed by atoms with van der Waals surface area (Å²) in [5, 5.41) is 12.7. The molecule has 1 aromatic heterocycles. The van der Waals surface area contributed by atoms with Crippen molar-refractivity contribution >= 4 is 5.91 Å². The zero-order valence-corrected chi connectivity index (χ0v) is 9.44. The molecule has 2 heterocycles. The highest BCUT2D eigenvalue weighted by Crippen LogP contribution is 2.13. The van der Waals surface area contributed by atoms with Gasteiger partial charge in [-0.15, -0.1) is 0 Å². The van der Waals surface area contributed by atoms with Crippen LogP contribution < -0.4 is 5.32 Å². The minimum Gasteiger partial charge on any atom is -0.350 e. The van der Waals surface area contributed by atoms with E-state index in [0.717, 1.165) is 19.6 Å². The van der Waals surface area contributed by atoms with Crippen LogP contribution in [0.3, 0.4) is 0 Å². The maximum absolute atomic E-state index is 11.6. The van der Waals surface area contributed by atoms with Gasteiger partial charge in [0, 0.05) is 13.1 Å². The molecular formula is C10H17N5O. The molecule has 6 nitrogen and oxygen atoms in total. The smallest absolute Gasteiger partial charge is 0.273 e. The average Bonchev–Trinajstić information content (AvgIpc) is 2.79. The molecule has 0 aromatic carbocycles. The quantitative estimate of drug-likeness (QED) is 0.749. The van der Waals surface area contributed by atoms with Crippen molar-refractivity contribution in [1.29, 1.82) is 0 Å². The summed E-state index contributed by atoms with van der Waals surface area (Å²) in [5.74, 6) is 0.400. The van der Waals surface area contributed by atoms with Gasteiger partial charge in [-0.1, -0.05) is 0 Å². The van der Waals surface area contributed by atoms with Gasteiger partial charge in [0.1, 0.15) is 0 Å². The first-order valence-electron chi connectivity index (χ1n) is 5.58. The molecule has 1 aliphatic rings. The standard InChI is InChI=1S/C10H17N5O/c1-15-4-2-3-8(7-15)5-11-10(16)9-6-12-14-13-9/h6,8H,2-5,7H2,1H3,(H,11,16)(H,12,13,14). The normalized spacial score (nSPS) is 21.9. The molecule has 1 saturated heterocycles. The number of H-pyrrole nitrogens is 1. The summed E-state index contributed by atoms with van der Waals surface area (Å²) in [6.07, 6.45) is 3.83. The second-order valence-corrected chi connectivity index (χ2v) is 4.34. The lowest BCUT2D eigenvalue weighted by Gasteiger charge is -2.29. The number of hydrogen-bond donors (Lipinski definition) is 2. The largest absolute Gasteiger partial charge is 0.350 e. The molecular weight excluding hydrogens is 206 g/mol. The van der Waals surface area contributed by atoms with E-state index in [0.29, 0.717) is 11.6 Å². The van der Waals surface area contributed by atoms with Crippen LogP contribution in [0.5, 0.6) is 0 Å². The maximum atomic E-state index is 11.6. The van der Waals surface area contributed by atoms with Gasteiger partial charge in [-0.05, 0) is 32.4 Å². The molecule has 0 saturated carbocycles. The van der Waals surface area contributed by atoms with Gasteiger partial charge in [-0.3, -0.25) is 4.79 Å². The van der Waals surface area contributed by atoms with Gasteiger partial charge in [0.2, 0.25) is 0 Å². The summed E-state index contributed by atoms with van der Waals surface area (Å²) >= 11 is 0. The van der Waals surface area contributed by atoms with E-state index in [1.807, 2.05) is 0 Å². The molecule has 6 heteroatoms. The Balaban J connectivity index is 1.77. The Morgan fingerprint density at radius 3 is 3.31 bits per heavy atom. The van der Waals surface area contributed by atoms with Crippen LogP contribution in [0.4, 0.5) is 0 Å². The predicted octanol–water partition coefficient (Wildman–Crippen LogP) is -0.124. The molecule has 1 amide bonds. The molecule has 1 aliphatic heterocycles. The van der Waals surface area contributed by atoms with Crippen molar-refractivity contribution in [3.8, 4) is 0 Å². The van der Waals surface area contributed by atoms with Crippen LogP contribution >= 0.6 is 0 Å². The van der Waals surface area contributed by atoms with E-state index in [-0.39, 0.29) is 5.91 Å².